The summed E-state index contributed by atoms with van der Waals surface area (Å²) in [5.74, 6) is 0. The molecule has 0 fully saturated rings. The third-order valence-electron chi connectivity index (χ3n) is 15.4. The zero-order valence-corrected chi connectivity index (χ0v) is 39.3. The zero-order valence-electron chi connectivity index (χ0n) is 39.3. The van der Waals surface area contributed by atoms with Crippen LogP contribution in [0.15, 0.2) is 78.9 Å². The summed E-state index contributed by atoms with van der Waals surface area (Å²) in [5.41, 5.74) is 24.0. The first-order valence-corrected chi connectivity index (χ1v) is 22.6. The Morgan fingerprint density at radius 1 is 0.441 bits per heavy atom. The van der Waals surface area contributed by atoms with Crippen molar-refractivity contribution in [3.63, 3.8) is 0 Å². The molecule has 0 amide bonds. The highest BCUT2D eigenvalue weighted by molar-refractivity contribution is 7.00. The number of nitrogens with zero attached hydrogens (tertiary/aromatic N) is 2. The molecular weight excluding hydrogens is 711 g/mol. The highest BCUT2D eigenvalue weighted by Crippen LogP contribution is 2.53. The van der Waals surface area contributed by atoms with E-state index in [1.54, 1.807) is 0 Å². The molecule has 0 radical (unpaired) electrons. The van der Waals surface area contributed by atoms with E-state index < -0.39 is 0 Å². The molecule has 0 spiro atoms. The van der Waals surface area contributed by atoms with Crippen molar-refractivity contribution >= 4 is 57.2 Å². The van der Waals surface area contributed by atoms with Gasteiger partial charge in [-0.05, 0) is 175 Å². The Morgan fingerprint density at radius 2 is 0.915 bits per heavy atom. The minimum absolute atomic E-state index is 0.00955. The summed E-state index contributed by atoms with van der Waals surface area (Å²) >= 11 is 0. The van der Waals surface area contributed by atoms with Crippen LogP contribution in [0.4, 0.5) is 34.1 Å². The third kappa shape index (κ3) is 6.17. The van der Waals surface area contributed by atoms with E-state index >= 15 is 0 Å². The molecule has 306 valence electrons. The van der Waals surface area contributed by atoms with Crippen LogP contribution in [0.3, 0.4) is 0 Å². The first-order valence-electron chi connectivity index (χ1n) is 22.6. The second-order valence-electron chi connectivity index (χ2n) is 23.8. The van der Waals surface area contributed by atoms with Crippen molar-refractivity contribution in [2.45, 2.75) is 169 Å². The fourth-order valence-electron chi connectivity index (χ4n) is 11.3. The van der Waals surface area contributed by atoms with Gasteiger partial charge in [-0.25, -0.2) is 0 Å². The van der Waals surface area contributed by atoms with Gasteiger partial charge in [0.25, 0.3) is 6.71 Å². The predicted octanol–water partition coefficient (Wildman–Crippen LogP) is 13.7. The Morgan fingerprint density at radius 3 is 1.47 bits per heavy atom. The van der Waals surface area contributed by atoms with Gasteiger partial charge in [0.2, 0.25) is 0 Å². The first-order chi connectivity index (χ1) is 27.3. The molecule has 9 rings (SSSR count). The molecule has 5 aromatic carbocycles. The molecule has 0 saturated heterocycles. The molecule has 0 bridgehead atoms. The van der Waals surface area contributed by atoms with Gasteiger partial charge < -0.3 is 9.80 Å². The van der Waals surface area contributed by atoms with Crippen LogP contribution in [0.1, 0.15) is 167 Å². The minimum atomic E-state index is 0.00955. The van der Waals surface area contributed by atoms with Crippen LogP contribution in [0, 0.1) is 13.8 Å². The predicted molar refractivity (Wildman–Crippen MR) is 258 cm³/mol. The molecule has 4 aliphatic rings. The lowest BCUT2D eigenvalue weighted by molar-refractivity contribution is 0.332. The lowest BCUT2D eigenvalue weighted by Gasteiger charge is -2.48. The number of anilines is 6. The average Bonchev–Trinajstić information content (AvgIpc) is 3.14. The summed E-state index contributed by atoms with van der Waals surface area (Å²) in [7, 11) is 0. The van der Waals surface area contributed by atoms with Crippen molar-refractivity contribution in [3.05, 3.63) is 123 Å². The van der Waals surface area contributed by atoms with Gasteiger partial charge in [-0.15, -0.1) is 0 Å². The van der Waals surface area contributed by atoms with Gasteiger partial charge in [-0.3, -0.25) is 0 Å². The second kappa shape index (κ2) is 12.7. The Labute approximate surface area is 357 Å². The summed E-state index contributed by atoms with van der Waals surface area (Å²) in [6.07, 6.45) is 4.79. The van der Waals surface area contributed by atoms with Crippen LogP contribution in [-0.2, 0) is 32.5 Å². The minimum Gasteiger partial charge on any atom is -0.311 e. The Hall–Kier alpha value is -4.24. The van der Waals surface area contributed by atoms with Crippen LogP contribution in [0.2, 0.25) is 0 Å². The Bertz CT molecular complexity index is 2570. The highest BCUT2D eigenvalue weighted by atomic mass is 15.2. The summed E-state index contributed by atoms with van der Waals surface area (Å²) in [5, 5.41) is 0. The SMILES string of the molecule is Cc1cc2c3c(c1)N(c1ccc(C(C)(C)C)cc1C)c1ccc(C(C)(C)C)cc1B3c1cc3c(cc1N2c1ccc2c(c1)C(C)(C)CCC2(C)C)C(C)(C)CCC3(C)C. The fraction of sp³-hybridized carbons (Fsp3) is 0.464. The summed E-state index contributed by atoms with van der Waals surface area (Å²) < 4.78 is 0. The molecule has 5 aromatic rings. The van der Waals surface area contributed by atoms with E-state index in [2.05, 4.69) is 199 Å². The van der Waals surface area contributed by atoms with E-state index in [-0.39, 0.29) is 39.2 Å². The summed E-state index contributed by atoms with van der Waals surface area (Å²) in [6, 6.07) is 32.5. The van der Waals surface area contributed by atoms with Crippen molar-refractivity contribution in [2.75, 3.05) is 9.80 Å². The van der Waals surface area contributed by atoms with Crippen LogP contribution in [0.5, 0.6) is 0 Å². The zero-order chi connectivity index (χ0) is 42.6. The lowest BCUT2D eigenvalue weighted by Crippen LogP contribution is -2.62. The molecular formula is C56H69BN2. The average molecular weight is 781 g/mol. The number of hydrogen-bond donors (Lipinski definition) is 0. The van der Waals surface area contributed by atoms with Gasteiger partial charge >= 0.3 is 0 Å². The van der Waals surface area contributed by atoms with E-state index in [0.717, 1.165) is 0 Å². The molecule has 0 atom stereocenters. The molecule has 0 aromatic heterocycles. The number of benzene rings is 5. The smallest absolute Gasteiger partial charge is 0.252 e. The van der Waals surface area contributed by atoms with Crippen LogP contribution in [-0.4, -0.2) is 6.71 Å². The molecule has 59 heavy (non-hydrogen) atoms. The maximum atomic E-state index is 2.69. The summed E-state index contributed by atoms with van der Waals surface area (Å²) in [4.78, 5) is 5.32. The quantitative estimate of drug-likeness (QED) is 0.161. The maximum absolute atomic E-state index is 2.69. The molecule has 3 heteroatoms. The van der Waals surface area contributed by atoms with Gasteiger partial charge in [0, 0.05) is 34.1 Å². The van der Waals surface area contributed by atoms with E-state index in [4.69, 9.17) is 0 Å². The summed E-state index contributed by atoms with van der Waals surface area (Å²) in [6.45, 7) is 38.5. The van der Waals surface area contributed by atoms with Crippen molar-refractivity contribution in [1.82, 2.24) is 0 Å². The monoisotopic (exact) mass is 781 g/mol. The van der Waals surface area contributed by atoms with Crippen molar-refractivity contribution in [2.24, 2.45) is 0 Å². The third-order valence-corrected chi connectivity index (χ3v) is 15.4. The number of rotatable bonds is 2. The highest BCUT2D eigenvalue weighted by Gasteiger charge is 2.47. The standard InChI is InChI=1S/C56H69BN2/c1-34-27-48-50-49(28-34)59(45-21-17-36(29-35(45)2)51(3,4)5)46-22-18-37(52(6,7)8)30-43(46)57(50)44-32-41-42(56(15,16)26-25-55(41,13)14)33-47(44)58(48)38-19-20-39-40(31-38)54(11,12)24-23-53(39,9)10/h17-22,27-33H,23-26H2,1-16H3. The molecule has 2 nitrogen and oxygen atoms in total. The number of hydrogen-bond acceptors (Lipinski definition) is 2. The van der Waals surface area contributed by atoms with Crippen LogP contribution >= 0.6 is 0 Å². The Balaban J connectivity index is 1.41. The van der Waals surface area contributed by atoms with Crippen molar-refractivity contribution < 1.29 is 0 Å². The molecule has 0 unspecified atom stereocenters. The topological polar surface area (TPSA) is 6.48 Å². The molecule has 0 saturated carbocycles. The van der Waals surface area contributed by atoms with E-state index in [1.165, 1.54) is 121 Å². The van der Waals surface area contributed by atoms with Gasteiger partial charge in [0.1, 0.15) is 0 Å². The number of aryl methyl sites for hydroxylation is 2. The first kappa shape index (κ1) is 40.2. The van der Waals surface area contributed by atoms with Crippen molar-refractivity contribution in [3.8, 4) is 0 Å². The number of fused-ring (bicyclic) bond motifs is 6. The Kier molecular flexibility index (Phi) is 8.62. The molecule has 2 heterocycles. The largest absolute Gasteiger partial charge is 0.311 e. The normalized spacial score (nSPS) is 19.4. The van der Waals surface area contributed by atoms with Gasteiger partial charge in [0.15, 0.2) is 0 Å². The molecule has 0 N–H and O–H groups in total. The van der Waals surface area contributed by atoms with Gasteiger partial charge in [-0.2, -0.15) is 0 Å². The van der Waals surface area contributed by atoms with Gasteiger partial charge in [0.05, 0.1) is 0 Å². The van der Waals surface area contributed by atoms with E-state index in [0.29, 0.717) is 0 Å². The lowest BCUT2D eigenvalue weighted by atomic mass is 9.33. The van der Waals surface area contributed by atoms with Crippen molar-refractivity contribution in [1.29, 1.82) is 0 Å². The van der Waals surface area contributed by atoms with Crippen LogP contribution < -0.4 is 26.2 Å². The molecule has 2 aliphatic carbocycles. The van der Waals surface area contributed by atoms with E-state index in [1.807, 2.05) is 0 Å². The van der Waals surface area contributed by atoms with Gasteiger partial charge in [-0.1, -0.05) is 133 Å². The fourth-order valence-corrected chi connectivity index (χ4v) is 11.3. The second-order valence-corrected chi connectivity index (χ2v) is 23.8. The van der Waals surface area contributed by atoms with Crippen LogP contribution in [0.25, 0.3) is 0 Å². The maximum Gasteiger partial charge on any atom is 0.252 e. The molecule has 2 aliphatic heterocycles. The van der Waals surface area contributed by atoms with E-state index in [9.17, 15) is 0 Å².